The van der Waals surface area contributed by atoms with Gasteiger partial charge >= 0.3 is 0 Å². The molecule has 0 saturated carbocycles. The number of unbranched alkanes of at least 4 members (excludes halogenated alkanes) is 26. The van der Waals surface area contributed by atoms with Crippen LogP contribution >= 0.6 is 0 Å². The van der Waals surface area contributed by atoms with Gasteiger partial charge in [0.1, 0.15) is 0 Å². The van der Waals surface area contributed by atoms with Crippen LogP contribution in [0.5, 0.6) is 0 Å². The van der Waals surface area contributed by atoms with Gasteiger partial charge in [-0.05, 0) is 59.0 Å². The van der Waals surface area contributed by atoms with Crippen LogP contribution in [0.25, 0.3) is 0 Å². The van der Waals surface area contributed by atoms with Crippen molar-refractivity contribution in [2.24, 2.45) is 5.73 Å². The van der Waals surface area contributed by atoms with Crippen molar-refractivity contribution < 1.29 is 16.5 Å². The molecule has 0 fully saturated rings. The SMILES string of the molecule is C.C.C.C=CCCCCCCN(O)CCCCCCCC(=C)OCCCCCCCCC.CCCCCCCCC.CCCCCCCCCO.CN(C)CCN.[HH]. The molecule has 0 aliphatic rings. The summed E-state index contributed by atoms with van der Waals surface area (Å²) in [4.78, 5) is 2.06. The van der Waals surface area contributed by atoms with Crippen LogP contribution in [-0.2, 0) is 4.74 Å². The van der Waals surface area contributed by atoms with Crippen LogP contribution in [0.2, 0.25) is 0 Å². The first-order valence-electron chi connectivity index (χ1n) is 23.6. The van der Waals surface area contributed by atoms with E-state index in [0.717, 1.165) is 77.1 Å². The number of hydroxylamine groups is 2. The van der Waals surface area contributed by atoms with Crippen LogP contribution in [0.1, 0.15) is 257 Å². The Bertz CT molecular complexity index is 640. The highest BCUT2D eigenvalue weighted by Gasteiger charge is 2.01. The van der Waals surface area contributed by atoms with Crippen molar-refractivity contribution in [3.63, 3.8) is 0 Å². The summed E-state index contributed by atoms with van der Waals surface area (Å²) in [5, 5.41) is 19.9. The molecule has 0 amide bonds. The van der Waals surface area contributed by atoms with Crippen molar-refractivity contribution in [3.8, 4) is 0 Å². The van der Waals surface area contributed by atoms with Crippen molar-refractivity contribution in [2.45, 2.75) is 255 Å². The van der Waals surface area contributed by atoms with E-state index >= 15 is 0 Å². The Morgan fingerprint density at radius 3 is 1.25 bits per heavy atom. The number of hydrogen-bond acceptors (Lipinski definition) is 6. The summed E-state index contributed by atoms with van der Waals surface area (Å²) in [6.45, 7) is 21.4. The lowest BCUT2D eigenvalue weighted by Gasteiger charge is -2.14. The van der Waals surface area contributed by atoms with E-state index in [2.05, 4.69) is 45.8 Å². The Balaban J connectivity index is -0.000000118. The molecule has 0 radical (unpaired) electrons. The standard InChI is InChI=1S/C26H51NO2.C9H20O.C9H20.C4H12N2.3CH4.H2/c1-4-6-8-10-12-17-21-25-29-26(3)22-18-14-13-16-20-24-27(28)23-19-15-11-9-7-5-2;1-2-3-4-5-6-7-8-9-10;1-3-5-7-9-8-6-4-2;1-6(2)4-3-5;;;;/h5,28H,2-4,6-25H2,1H3;10H,2-9H2,1H3;3-9H2,1-2H3;3-5H2,1-2H3;3*1H4;1H. The summed E-state index contributed by atoms with van der Waals surface area (Å²) >= 11 is 0. The molecule has 0 heterocycles. The third-order valence-corrected chi connectivity index (χ3v) is 9.55. The molecule has 354 valence electrons. The topological polar surface area (TPSA) is 82.2 Å². The molecule has 0 aliphatic carbocycles. The van der Waals surface area contributed by atoms with Gasteiger partial charge in [-0.1, -0.05) is 217 Å². The van der Waals surface area contributed by atoms with Crippen LogP contribution in [0.15, 0.2) is 25.0 Å². The third-order valence-electron chi connectivity index (χ3n) is 9.55. The smallest absolute Gasteiger partial charge is 0.0888 e. The molecule has 0 atom stereocenters. The molecule has 0 spiro atoms. The van der Waals surface area contributed by atoms with E-state index < -0.39 is 0 Å². The highest BCUT2D eigenvalue weighted by Crippen LogP contribution is 2.13. The van der Waals surface area contributed by atoms with E-state index in [-0.39, 0.29) is 23.7 Å². The van der Waals surface area contributed by atoms with E-state index in [9.17, 15) is 5.21 Å². The van der Waals surface area contributed by atoms with Gasteiger partial charge in [0.05, 0.1) is 12.4 Å². The molecule has 4 N–H and O–H groups in total. The normalized spacial score (nSPS) is 10.1. The fraction of sp³-hybridized carbons (Fsp3) is 0.922. The maximum absolute atomic E-state index is 9.89. The average Bonchev–Trinajstić information content (AvgIpc) is 3.16. The zero-order valence-corrected chi connectivity index (χ0v) is 38.1. The van der Waals surface area contributed by atoms with Gasteiger partial charge in [-0.2, -0.15) is 5.06 Å². The molecule has 0 rings (SSSR count). The minimum absolute atomic E-state index is 0. The van der Waals surface area contributed by atoms with Crippen molar-refractivity contribution in [1.82, 2.24) is 9.96 Å². The minimum atomic E-state index is 0. The van der Waals surface area contributed by atoms with E-state index in [1.807, 2.05) is 20.2 Å². The average molecular weight is 821 g/mol. The number of likely N-dealkylation sites (N-methyl/N-ethyl adjacent to an activating group) is 1. The molecular weight excluding hydrogens is 703 g/mol. The van der Waals surface area contributed by atoms with E-state index in [0.29, 0.717) is 6.61 Å². The number of aliphatic hydroxyl groups is 1. The van der Waals surface area contributed by atoms with Gasteiger partial charge in [0, 0.05) is 40.6 Å². The number of nitrogens with zero attached hydrogens (tertiary/aromatic N) is 2. The third kappa shape index (κ3) is 83.6. The molecule has 6 heteroatoms. The molecule has 0 bridgehead atoms. The maximum Gasteiger partial charge on any atom is 0.0888 e. The summed E-state index contributed by atoms with van der Waals surface area (Å²) in [5.41, 5.74) is 5.19. The lowest BCUT2D eigenvalue weighted by molar-refractivity contribution is -0.0925. The minimum Gasteiger partial charge on any atom is -0.499 e. The molecule has 0 aliphatic heterocycles. The Morgan fingerprint density at radius 1 is 0.544 bits per heavy atom. The Labute approximate surface area is 365 Å². The summed E-state index contributed by atoms with van der Waals surface area (Å²) < 4.78 is 5.76. The number of ether oxygens (including phenoxy) is 1. The molecule has 0 unspecified atom stereocenters. The summed E-state index contributed by atoms with van der Waals surface area (Å²) in [7, 11) is 4.01. The van der Waals surface area contributed by atoms with Gasteiger partial charge in [-0.25, -0.2) is 0 Å². The predicted octanol–water partition coefficient (Wildman–Crippen LogP) is 16.6. The fourth-order valence-corrected chi connectivity index (χ4v) is 5.90. The number of allylic oxidation sites excluding steroid dienone is 2. The number of aliphatic hydroxyl groups excluding tert-OH is 1. The number of hydrogen-bond donors (Lipinski definition) is 3. The summed E-state index contributed by atoms with van der Waals surface area (Å²) in [5.74, 6) is 0.964. The number of rotatable bonds is 39. The first-order chi connectivity index (χ1) is 26.3. The van der Waals surface area contributed by atoms with Crippen LogP contribution in [0, 0.1) is 0 Å². The Hall–Kier alpha value is -0.920. The highest BCUT2D eigenvalue weighted by atomic mass is 16.5. The highest BCUT2D eigenvalue weighted by molar-refractivity contribution is 4.81. The van der Waals surface area contributed by atoms with Crippen molar-refractivity contribution >= 4 is 0 Å². The second kappa shape index (κ2) is 69.7. The van der Waals surface area contributed by atoms with E-state index in [1.165, 1.54) is 172 Å². The molecule has 0 saturated heterocycles. The second-order valence-corrected chi connectivity index (χ2v) is 15.7. The van der Waals surface area contributed by atoms with Gasteiger partial charge in [0.15, 0.2) is 0 Å². The second-order valence-electron chi connectivity index (χ2n) is 15.7. The van der Waals surface area contributed by atoms with Gasteiger partial charge in [0.25, 0.3) is 0 Å². The number of nitrogens with two attached hydrogens (primary N) is 1. The van der Waals surface area contributed by atoms with Crippen LogP contribution < -0.4 is 5.73 Å². The van der Waals surface area contributed by atoms with Gasteiger partial charge in [-0.3, -0.25) is 0 Å². The maximum atomic E-state index is 9.89. The van der Waals surface area contributed by atoms with E-state index in [1.54, 1.807) is 0 Å². The van der Waals surface area contributed by atoms with Gasteiger partial charge < -0.3 is 25.7 Å². The van der Waals surface area contributed by atoms with Crippen LogP contribution in [0.4, 0.5) is 0 Å². The first-order valence-corrected chi connectivity index (χ1v) is 23.6. The molecule has 0 aromatic rings. The molecular formula is C51H117N3O3. The van der Waals surface area contributed by atoms with Crippen LogP contribution in [0.3, 0.4) is 0 Å². The zero-order valence-electron chi connectivity index (χ0n) is 38.1. The Morgan fingerprint density at radius 2 is 0.895 bits per heavy atom. The largest absolute Gasteiger partial charge is 0.499 e. The lowest BCUT2D eigenvalue weighted by atomic mass is 10.1. The molecule has 0 aromatic heterocycles. The predicted molar refractivity (Wildman–Crippen MR) is 266 cm³/mol. The zero-order chi connectivity index (χ0) is 41.0. The summed E-state index contributed by atoms with van der Waals surface area (Å²) in [6, 6.07) is 0. The quantitative estimate of drug-likeness (QED) is 0.0248. The monoisotopic (exact) mass is 820 g/mol. The molecule has 0 aromatic carbocycles. The molecule has 6 nitrogen and oxygen atoms in total. The van der Waals surface area contributed by atoms with Crippen molar-refractivity contribution in [2.75, 3.05) is 53.5 Å². The van der Waals surface area contributed by atoms with Gasteiger partial charge in [0.2, 0.25) is 0 Å². The first kappa shape index (κ1) is 70.6. The summed E-state index contributed by atoms with van der Waals surface area (Å²) in [6.07, 6.45) is 42.9. The van der Waals surface area contributed by atoms with Crippen molar-refractivity contribution in [3.05, 3.63) is 25.0 Å². The van der Waals surface area contributed by atoms with Crippen LogP contribution in [-0.4, -0.2) is 73.8 Å². The lowest BCUT2D eigenvalue weighted by Crippen LogP contribution is -2.21. The Kier molecular flexibility index (Phi) is 86.3. The fourth-order valence-electron chi connectivity index (χ4n) is 5.90. The van der Waals surface area contributed by atoms with E-state index in [4.69, 9.17) is 15.6 Å². The molecule has 57 heavy (non-hydrogen) atoms. The van der Waals surface area contributed by atoms with Crippen molar-refractivity contribution in [1.29, 1.82) is 0 Å². The van der Waals surface area contributed by atoms with Gasteiger partial charge in [-0.15, -0.1) is 6.58 Å².